The number of hydrogen-bond donors (Lipinski definition) is 1. The summed E-state index contributed by atoms with van der Waals surface area (Å²) in [6.07, 6.45) is 2.51. The summed E-state index contributed by atoms with van der Waals surface area (Å²) < 4.78 is 1.03. The second-order valence-corrected chi connectivity index (χ2v) is 5.30. The van der Waals surface area contributed by atoms with Crippen molar-refractivity contribution in [3.8, 4) is 0 Å². The maximum absolute atomic E-state index is 3.82. The first-order valence-corrected chi connectivity index (χ1v) is 6.16. The van der Waals surface area contributed by atoms with Crippen molar-refractivity contribution in [1.29, 1.82) is 0 Å². The lowest BCUT2D eigenvalue weighted by Crippen LogP contribution is -2.40. The molecule has 80 valence electrons. The molecule has 0 radical (unpaired) electrons. The second kappa shape index (κ2) is 4.95. The molecule has 0 unspecified atom stereocenters. The maximum Gasteiger partial charge on any atom is 0.0268 e. The second-order valence-electron chi connectivity index (χ2n) is 4.17. The molecule has 0 aromatic heterocycles. The largest absolute Gasteiger partial charge is 0.309 e. The van der Waals surface area contributed by atoms with Crippen molar-refractivity contribution in [1.82, 2.24) is 5.32 Å². The van der Waals surface area contributed by atoms with Crippen LogP contribution in [0.2, 0.25) is 0 Å². The smallest absolute Gasteiger partial charge is 0.0268 e. The minimum atomic E-state index is 0.671. The SMILES string of the molecule is C=C(Br)CNC1CC(c2ccccc2)C1. The molecule has 2 heteroatoms. The first kappa shape index (κ1) is 10.9. The highest BCUT2D eigenvalue weighted by molar-refractivity contribution is 9.11. The summed E-state index contributed by atoms with van der Waals surface area (Å²) in [7, 11) is 0. The highest BCUT2D eigenvalue weighted by Crippen LogP contribution is 2.36. The van der Waals surface area contributed by atoms with E-state index in [0.717, 1.165) is 16.9 Å². The monoisotopic (exact) mass is 265 g/mol. The van der Waals surface area contributed by atoms with Crippen LogP contribution in [0.15, 0.2) is 41.4 Å². The van der Waals surface area contributed by atoms with E-state index < -0.39 is 0 Å². The van der Waals surface area contributed by atoms with Gasteiger partial charge < -0.3 is 5.32 Å². The molecule has 15 heavy (non-hydrogen) atoms. The van der Waals surface area contributed by atoms with Gasteiger partial charge in [-0.05, 0) is 24.3 Å². The molecule has 0 bridgehead atoms. The Hall–Kier alpha value is -0.600. The summed E-state index contributed by atoms with van der Waals surface area (Å²) in [4.78, 5) is 0. The molecule has 1 fully saturated rings. The fraction of sp³-hybridized carbons (Fsp3) is 0.385. The summed E-state index contributed by atoms with van der Waals surface area (Å²) >= 11 is 3.36. The van der Waals surface area contributed by atoms with E-state index in [4.69, 9.17) is 0 Å². The summed E-state index contributed by atoms with van der Waals surface area (Å²) in [6, 6.07) is 11.4. The van der Waals surface area contributed by atoms with Crippen molar-refractivity contribution in [2.45, 2.75) is 24.8 Å². The molecule has 0 heterocycles. The van der Waals surface area contributed by atoms with Crippen LogP contribution in [-0.2, 0) is 0 Å². The molecule has 0 saturated heterocycles. The summed E-state index contributed by atoms with van der Waals surface area (Å²) in [6.45, 7) is 4.70. The minimum Gasteiger partial charge on any atom is -0.309 e. The Morgan fingerprint density at radius 3 is 2.60 bits per heavy atom. The van der Waals surface area contributed by atoms with Crippen molar-refractivity contribution in [2.75, 3.05) is 6.54 Å². The molecule has 1 aliphatic rings. The normalized spacial score (nSPS) is 24.6. The average molecular weight is 266 g/mol. The molecule has 0 amide bonds. The fourth-order valence-electron chi connectivity index (χ4n) is 2.04. The Morgan fingerprint density at radius 2 is 2.00 bits per heavy atom. The van der Waals surface area contributed by atoms with Crippen LogP contribution in [0.1, 0.15) is 24.3 Å². The van der Waals surface area contributed by atoms with Crippen LogP contribution in [0.3, 0.4) is 0 Å². The lowest BCUT2D eigenvalue weighted by Gasteiger charge is -2.36. The van der Waals surface area contributed by atoms with E-state index in [0.29, 0.717) is 6.04 Å². The molecule has 1 aromatic rings. The molecule has 0 atom stereocenters. The zero-order chi connectivity index (χ0) is 10.7. The van der Waals surface area contributed by atoms with Crippen molar-refractivity contribution in [3.63, 3.8) is 0 Å². The molecule has 1 N–H and O–H groups in total. The molecule has 0 aliphatic heterocycles. The molecule has 0 spiro atoms. The van der Waals surface area contributed by atoms with E-state index in [9.17, 15) is 0 Å². The molecule has 2 rings (SSSR count). The molecular formula is C13H16BrN. The van der Waals surface area contributed by atoms with Crippen molar-refractivity contribution < 1.29 is 0 Å². The van der Waals surface area contributed by atoms with Gasteiger partial charge in [0.2, 0.25) is 0 Å². The van der Waals surface area contributed by atoms with Gasteiger partial charge in [0.25, 0.3) is 0 Å². The van der Waals surface area contributed by atoms with Crippen LogP contribution in [-0.4, -0.2) is 12.6 Å². The van der Waals surface area contributed by atoms with E-state index in [1.807, 2.05) is 0 Å². The minimum absolute atomic E-state index is 0.671. The first-order valence-electron chi connectivity index (χ1n) is 5.37. The Bertz CT molecular complexity index is 328. The molecule has 1 saturated carbocycles. The lowest BCUT2D eigenvalue weighted by molar-refractivity contribution is 0.299. The standard InChI is InChI=1S/C13H16BrN/c1-10(14)9-15-13-7-12(8-13)11-5-3-2-4-6-11/h2-6,12-13,15H,1,7-9H2. The Kier molecular flexibility index (Phi) is 3.60. The predicted molar refractivity (Wildman–Crippen MR) is 68.3 cm³/mol. The van der Waals surface area contributed by atoms with Gasteiger partial charge in [0.1, 0.15) is 0 Å². The van der Waals surface area contributed by atoms with Gasteiger partial charge in [-0.25, -0.2) is 0 Å². The zero-order valence-corrected chi connectivity index (χ0v) is 10.3. The average Bonchev–Trinajstić information content (AvgIpc) is 2.16. The van der Waals surface area contributed by atoms with Gasteiger partial charge in [-0.2, -0.15) is 0 Å². The molecular weight excluding hydrogens is 250 g/mol. The van der Waals surface area contributed by atoms with Crippen LogP contribution in [0.5, 0.6) is 0 Å². The van der Waals surface area contributed by atoms with Gasteiger partial charge in [0.05, 0.1) is 0 Å². The van der Waals surface area contributed by atoms with Crippen molar-refractivity contribution in [3.05, 3.63) is 47.0 Å². The van der Waals surface area contributed by atoms with Crippen LogP contribution in [0, 0.1) is 0 Å². The van der Waals surface area contributed by atoms with Crippen LogP contribution in [0.25, 0.3) is 0 Å². The topological polar surface area (TPSA) is 12.0 Å². The van der Waals surface area contributed by atoms with E-state index in [-0.39, 0.29) is 0 Å². The fourth-order valence-corrected chi connectivity index (χ4v) is 2.20. The molecule has 1 aliphatic carbocycles. The van der Waals surface area contributed by atoms with Gasteiger partial charge in [-0.1, -0.05) is 52.8 Å². The van der Waals surface area contributed by atoms with Gasteiger partial charge >= 0.3 is 0 Å². The van der Waals surface area contributed by atoms with E-state index >= 15 is 0 Å². The lowest BCUT2D eigenvalue weighted by atomic mass is 9.76. The van der Waals surface area contributed by atoms with Gasteiger partial charge in [0, 0.05) is 17.1 Å². The summed E-state index contributed by atoms with van der Waals surface area (Å²) in [5.74, 6) is 0.757. The van der Waals surface area contributed by atoms with Crippen molar-refractivity contribution in [2.24, 2.45) is 0 Å². The van der Waals surface area contributed by atoms with Crippen LogP contribution < -0.4 is 5.32 Å². The summed E-state index contributed by atoms with van der Waals surface area (Å²) in [5.41, 5.74) is 1.48. The quantitative estimate of drug-likeness (QED) is 0.880. The Labute approximate surface area is 99.7 Å². The molecule has 1 nitrogen and oxygen atoms in total. The Balaban J connectivity index is 1.76. The maximum atomic E-state index is 3.82. The summed E-state index contributed by atoms with van der Waals surface area (Å²) in [5, 5.41) is 3.47. The van der Waals surface area contributed by atoms with E-state index in [1.165, 1.54) is 18.4 Å². The third-order valence-corrected chi connectivity index (χ3v) is 3.27. The number of nitrogens with one attached hydrogen (secondary N) is 1. The molecule has 1 aromatic carbocycles. The zero-order valence-electron chi connectivity index (χ0n) is 8.75. The number of rotatable bonds is 4. The highest BCUT2D eigenvalue weighted by Gasteiger charge is 2.29. The van der Waals surface area contributed by atoms with Gasteiger partial charge in [-0.3, -0.25) is 0 Å². The number of hydrogen-bond acceptors (Lipinski definition) is 1. The van der Waals surface area contributed by atoms with E-state index in [1.54, 1.807) is 0 Å². The van der Waals surface area contributed by atoms with Crippen LogP contribution in [0.4, 0.5) is 0 Å². The predicted octanol–water partition coefficient (Wildman–Crippen LogP) is 3.43. The van der Waals surface area contributed by atoms with Crippen LogP contribution >= 0.6 is 15.9 Å². The van der Waals surface area contributed by atoms with Crippen molar-refractivity contribution >= 4 is 15.9 Å². The third-order valence-electron chi connectivity index (χ3n) is 2.99. The Morgan fingerprint density at radius 1 is 1.33 bits per heavy atom. The van der Waals surface area contributed by atoms with Gasteiger partial charge in [-0.15, -0.1) is 0 Å². The van der Waals surface area contributed by atoms with E-state index in [2.05, 4.69) is 58.2 Å². The third kappa shape index (κ3) is 2.93. The van der Waals surface area contributed by atoms with Gasteiger partial charge in [0.15, 0.2) is 0 Å². The first-order chi connectivity index (χ1) is 7.25. The number of halogens is 1. The number of benzene rings is 1. The highest BCUT2D eigenvalue weighted by atomic mass is 79.9.